The number of likely N-dealkylation sites (N-methyl/N-ethyl adjacent to an activating group) is 1. The van der Waals surface area contributed by atoms with Crippen LogP contribution in [0.5, 0.6) is 0 Å². The summed E-state index contributed by atoms with van der Waals surface area (Å²) >= 11 is 0. The fourth-order valence-corrected chi connectivity index (χ4v) is 2.51. The molecule has 0 saturated heterocycles. The van der Waals surface area contributed by atoms with E-state index in [4.69, 9.17) is 4.74 Å². The zero-order valence-electron chi connectivity index (χ0n) is 14.4. The summed E-state index contributed by atoms with van der Waals surface area (Å²) in [6.45, 7) is 8.19. The number of pyridine rings is 1. The third-order valence-corrected chi connectivity index (χ3v) is 3.90. The first-order valence-electron chi connectivity index (χ1n) is 8.12. The molecule has 0 amide bonds. The van der Waals surface area contributed by atoms with Crippen LogP contribution in [0.25, 0.3) is 0 Å². The first-order valence-corrected chi connectivity index (χ1v) is 8.12. The highest BCUT2D eigenvalue weighted by Gasteiger charge is 2.14. The van der Waals surface area contributed by atoms with Crippen LogP contribution in [-0.4, -0.2) is 36.1 Å². The summed E-state index contributed by atoms with van der Waals surface area (Å²) in [6, 6.07) is 16.5. The van der Waals surface area contributed by atoms with Gasteiger partial charge in [0.15, 0.2) is 0 Å². The second kappa shape index (κ2) is 13.2. The molecule has 2 aromatic rings. The van der Waals surface area contributed by atoms with Gasteiger partial charge in [-0.2, -0.15) is 0 Å². The summed E-state index contributed by atoms with van der Waals surface area (Å²) in [7, 11) is 0. The molecule has 0 aliphatic carbocycles. The molecule has 0 aliphatic rings. The van der Waals surface area contributed by atoms with E-state index in [1.807, 2.05) is 30.5 Å². The van der Waals surface area contributed by atoms with Gasteiger partial charge in [0.1, 0.15) is 6.10 Å². The fraction of sp³-hybridized carbons (Fsp3) is 0.421. The van der Waals surface area contributed by atoms with Crippen LogP contribution in [0.4, 0.5) is 0 Å². The zero-order chi connectivity index (χ0) is 15.6. The molecular formula is C19H28Cl2N2O. The van der Waals surface area contributed by atoms with Crippen LogP contribution >= 0.6 is 24.8 Å². The molecule has 1 unspecified atom stereocenters. The Kier molecular flexibility index (Phi) is 12.6. The van der Waals surface area contributed by atoms with E-state index in [1.54, 1.807) is 0 Å². The molecular weight excluding hydrogens is 343 g/mol. The lowest BCUT2D eigenvalue weighted by atomic mass is 10.1. The minimum Gasteiger partial charge on any atom is -0.370 e. The van der Waals surface area contributed by atoms with Gasteiger partial charge in [0.05, 0.1) is 12.3 Å². The minimum atomic E-state index is 0. The number of halogens is 2. The maximum absolute atomic E-state index is 6.16. The number of ether oxygens (including phenoxy) is 1. The predicted octanol–water partition coefficient (Wildman–Crippen LogP) is 4.57. The van der Waals surface area contributed by atoms with Crippen LogP contribution in [0.3, 0.4) is 0 Å². The van der Waals surface area contributed by atoms with E-state index in [0.717, 1.165) is 38.4 Å². The van der Waals surface area contributed by atoms with Crippen molar-refractivity contribution in [2.45, 2.75) is 26.4 Å². The molecule has 1 aromatic heterocycles. The molecule has 0 bridgehead atoms. The highest BCUT2D eigenvalue weighted by Crippen LogP contribution is 2.20. The van der Waals surface area contributed by atoms with Crippen LogP contribution in [0.15, 0.2) is 54.7 Å². The number of benzene rings is 1. The quantitative estimate of drug-likeness (QED) is 0.646. The Labute approximate surface area is 158 Å². The highest BCUT2D eigenvalue weighted by molar-refractivity contribution is 5.85. The molecule has 0 radical (unpaired) electrons. The molecule has 0 saturated carbocycles. The van der Waals surface area contributed by atoms with Crippen molar-refractivity contribution in [1.82, 2.24) is 9.88 Å². The minimum absolute atomic E-state index is 0. The molecule has 0 spiro atoms. The SMILES string of the molecule is CCN(CC)CCOC(Cc1ccccc1)c1ccccn1.Cl.Cl. The van der Waals surface area contributed by atoms with Gasteiger partial charge in [-0.1, -0.05) is 50.2 Å². The van der Waals surface area contributed by atoms with Gasteiger partial charge in [-0.25, -0.2) is 0 Å². The molecule has 1 heterocycles. The molecule has 134 valence electrons. The standard InChI is InChI=1S/C19H26N2O.2ClH/c1-3-21(4-2)14-15-22-19(18-12-8-9-13-20-18)16-17-10-6-5-7-11-17;;/h5-13,19H,3-4,14-16H2,1-2H3;2*1H. The molecule has 5 heteroatoms. The molecule has 0 N–H and O–H groups in total. The smallest absolute Gasteiger partial charge is 0.103 e. The van der Waals surface area contributed by atoms with Crippen molar-refractivity contribution in [3.05, 3.63) is 66.0 Å². The Bertz CT molecular complexity index is 521. The van der Waals surface area contributed by atoms with E-state index < -0.39 is 0 Å². The summed E-state index contributed by atoms with van der Waals surface area (Å²) in [5.74, 6) is 0. The fourth-order valence-electron chi connectivity index (χ4n) is 2.51. The Morgan fingerprint density at radius 2 is 1.62 bits per heavy atom. The topological polar surface area (TPSA) is 25.4 Å². The van der Waals surface area contributed by atoms with Crippen molar-refractivity contribution in [1.29, 1.82) is 0 Å². The Morgan fingerprint density at radius 3 is 2.21 bits per heavy atom. The van der Waals surface area contributed by atoms with Crippen molar-refractivity contribution in [2.75, 3.05) is 26.2 Å². The Balaban J connectivity index is 0.00000264. The number of aromatic nitrogens is 1. The van der Waals surface area contributed by atoms with E-state index in [2.05, 4.69) is 48.0 Å². The van der Waals surface area contributed by atoms with Crippen LogP contribution in [-0.2, 0) is 11.2 Å². The van der Waals surface area contributed by atoms with E-state index in [1.165, 1.54) is 5.56 Å². The second-order valence-corrected chi connectivity index (χ2v) is 5.33. The summed E-state index contributed by atoms with van der Waals surface area (Å²) in [4.78, 5) is 6.85. The van der Waals surface area contributed by atoms with Crippen molar-refractivity contribution in [3.8, 4) is 0 Å². The first kappa shape index (κ1) is 22.9. The van der Waals surface area contributed by atoms with Gasteiger partial charge >= 0.3 is 0 Å². The van der Waals surface area contributed by atoms with Crippen LogP contribution in [0.2, 0.25) is 0 Å². The number of rotatable bonds is 9. The van der Waals surface area contributed by atoms with E-state index in [9.17, 15) is 0 Å². The van der Waals surface area contributed by atoms with E-state index in [0.29, 0.717) is 0 Å². The van der Waals surface area contributed by atoms with E-state index in [-0.39, 0.29) is 30.9 Å². The summed E-state index contributed by atoms with van der Waals surface area (Å²) in [5, 5.41) is 0. The molecule has 1 aromatic carbocycles. The van der Waals surface area contributed by atoms with Gasteiger partial charge in [-0.05, 0) is 30.8 Å². The maximum atomic E-state index is 6.16. The van der Waals surface area contributed by atoms with Crippen molar-refractivity contribution in [2.24, 2.45) is 0 Å². The molecule has 3 nitrogen and oxygen atoms in total. The molecule has 1 atom stereocenters. The monoisotopic (exact) mass is 370 g/mol. The maximum Gasteiger partial charge on any atom is 0.103 e. The van der Waals surface area contributed by atoms with Gasteiger partial charge < -0.3 is 9.64 Å². The summed E-state index contributed by atoms with van der Waals surface area (Å²) in [5.41, 5.74) is 2.28. The van der Waals surface area contributed by atoms with Crippen molar-refractivity contribution in [3.63, 3.8) is 0 Å². The normalized spacial score (nSPS) is 11.5. The van der Waals surface area contributed by atoms with Gasteiger partial charge in [0, 0.05) is 19.2 Å². The summed E-state index contributed by atoms with van der Waals surface area (Å²) < 4.78 is 6.16. The van der Waals surface area contributed by atoms with Gasteiger partial charge in [0.2, 0.25) is 0 Å². The van der Waals surface area contributed by atoms with E-state index >= 15 is 0 Å². The zero-order valence-corrected chi connectivity index (χ0v) is 16.1. The average Bonchev–Trinajstić information content (AvgIpc) is 2.59. The van der Waals surface area contributed by atoms with Gasteiger partial charge in [-0.3, -0.25) is 4.98 Å². The first-order chi connectivity index (χ1) is 10.8. The van der Waals surface area contributed by atoms with Crippen LogP contribution < -0.4 is 0 Å². The third-order valence-electron chi connectivity index (χ3n) is 3.90. The molecule has 0 fully saturated rings. The van der Waals surface area contributed by atoms with Crippen molar-refractivity contribution >= 4 is 24.8 Å². The van der Waals surface area contributed by atoms with Crippen LogP contribution in [0.1, 0.15) is 31.2 Å². The Morgan fingerprint density at radius 1 is 0.958 bits per heavy atom. The lowest BCUT2D eigenvalue weighted by Crippen LogP contribution is -2.28. The van der Waals surface area contributed by atoms with Gasteiger partial charge in [0.25, 0.3) is 0 Å². The lowest BCUT2D eigenvalue weighted by Gasteiger charge is -2.22. The van der Waals surface area contributed by atoms with Crippen LogP contribution in [0, 0.1) is 0 Å². The van der Waals surface area contributed by atoms with Gasteiger partial charge in [-0.15, -0.1) is 24.8 Å². The second-order valence-electron chi connectivity index (χ2n) is 5.33. The molecule has 0 aliphatic heterocycles. The third kappa shape index (κ3) is 7.63. The summed E-state index contributed by atoms with van der Waals surface area (Å²) in [6.07, 6.45) is 2.70. The number of nitrogens with zero attached hydrogens (tertiary/aromatic N) is 2. The predicted molar refractivity (Wildman–Crippen MR) is 105 cm³/mol. The number of hydrogen-bond acceptors (Lipinski definition) is 3. The molecule has 24 heavy (non-hydrogen) atoms. The lowest BCUT2D eigenvalue weighted by molar-refractivity contribution is 0.0357. The largest absolute Gasteiger partial charge is 0.370 e. The number of hydrogen-bond donors (Lipinski definition) is 0. The molecule has 2 rings (SSSR count). The average molecular weight is 371 g/mol. The van der Waals surface area contributed by atoms with Crippen molar-refractivity contribution < 1.29 is 4.74 Å². The highest BCUT2D eigenvalue weighted by atomic mass is 35.5. The Hall–Kier alpha value is -1.13.